The van der Waals surface area contributed by atoms with Gasteiger partial charge in [-0.2, -0.15) is 0 Å². The van der Waals surface area contributed by atoms with Crippen LogP contribution in [0.25, 0.3) is 0 Å². The Bertz CT molecular complexity index is 597. The lowest BCUT2D eigenvalue weighted by Gasteiger charge is -2.26. The molecular formula is C13H20BrFN2O2S. The molecule has 0 atom stereocenters. The van der Waals surface area contributed by atoms with Gasteiger partial charge in [0.05, 0.1) is 0 Å². The van der Waals surface area contributed by atoms with Crippen molar-refractivity contribution in [3.05, 3.63) is 28.0 Å². The molecule has 1 aromatic carbocycles. The molecule has 0 spiro atoms. The van der Waals surface area contributed by atoms with Crippen LogP contribution in [0.2, 0.25) is 0 Å². The van der Waals surface area contributed by atoms with E-state index in [1.54, 1.807) is 0 Å². The fourth-order valence-corrected chi connectivity index (χ4v) is 4.06. The van der Waals surface area contributed by atoms with Gasteiger partial charge in [-0.1, -0.05) is 36.7 Å². The molecule has 0 fully saturated rings. The highest BCUT2D eigenvalue weighted by Gasteiger charge is 2.29. The number of benzene rings is 1. The van der Waals surface area contributed by atoms with Gasteiger partial charge in [-0.25, -0.2) is 17.1 Å². The molecule has 4 nitrogen and oxygen atoms in total. The normalized spacial score (nSPS) is 13.0. The van der Waals surface area contributed by atoms with Gasteiger partial charge >= 0.3 is 0 Å². The van der Waals surface area contributed by atoms with Crippen LogP contribution < -0.4 is 5.73 Å². The highest BCUT2D eigenvalue weighted by Crippen LogP contribution is 2.27. The summed E-state index contributed by atoms with van der Waals surface area (Å²) >= 11 is 3.19. The van der Waals surface area contributed by atoms with Crippen molar-refractivity contribution in [1.29, 1.82) is 0 Å². The fourth-order valence-electron chi connectivity index (χ4n) is 1.88. The van der Waals surface area contributed by atoms with Crippen molar-refractivity contribution >= 4 is 26.0 Å². The Morgan fingerprint density at radius 2 is 1.90 bits per heavy atom. The predicted molar refractivity (Wildman–Crippen MR) is 81.3 cm³/mol. The van der Waals surface area contributed by atoms with E-state index in [-0.39, 0.29) is 22.4 Å². The maximum Gasteiger partial charge on any atom is 0.245 e. The molecule has 0 amide bonds. The van der Waals surface area contributed by atoms with Gasteiger partial charge in [0, 0.05) is 30.2 Å². The van der Waals surface area contributed by atoms with E-state index >= 15 is 0 Å². The summed E-state index contributed by atoms with van der Waals surface area (Å²) in [5, 5.41) is 0. The molecule has 0 saturated carbocycles. The lowest BCUT2D eigenvalue weighted by molar-refractivity contribution is 0.310. The Balaban J connectivity index is 3.32. The summed E-state index contributed by atoms with van der Waals surface area (Å²) in [6.07, 6.45) is 0. The maximum absolute atomic E-state index is 14.2. The van der Waals surface area contributed by atoms with E-state index in [2.05, 4.69) is 15.9 Å². The zero-order valence-electron chi connectivity index (χ0n) is 12.1. The number of rotatable bonds is 4. The number of hydrogen-bond acceptors (Lipinski definition) is 3. The Hall–Kier alpha value is -0.500. The summed E-state index contributed by atoms with van der Waals surface area (Å²) in [4.78, 5) is -0.348. The number of halogens is 2. The Kier molecular flexibility index (Phi) is 5.34. The summed E-state index contributed by atoms with van der Waals surface area (Å²) in [5.74, 6) is -0.781. The van der Waals surface area contributed by atoms with Crippen molar-refractivity contribution in [3.8, 4) is 0 Å². The summed E-state index contributed by atoms with van der Waals surface area (Å²) in [5.41, 5.74) is 5.39. The van der Waals surface area contributed by atoms with Crippen molar-refractivity contribution in [2.75, 3.05) is 13.6 Å². The van der Waals surface area contributed by atoms with Gasteiger partial charge in [0.2, 0.25) is 10.0 Å². The highest BCUT2D eigenvalue weighted by molar-refractivity contribution is 9.10. The van der Waals surface area contributed by atoms with Gasteiger partial charge in [-0.3, -0.25) is 0 Å². The number of sulfonamides is 1. The van der Waals surface area contributed by atoms with E-state index in [4.69, 9.17) is 5.73 Å². The number of nitrogens with two attached hydrogens (primary N) is 1. The van der Waals surface area contributed by atoms with Crippen LogP contribution in [0.4, 0.5) is 4.39 Å². The molecular weight excluding hydrogens is 347 g/mol. The second-order valence-corrected chi connectivity index (χ2v) is 8.83. The van der Waals surface area contributed by atoms with Crippen molar-refractivity contribution < 1.29 is 12.8 Å². The molecule has 2 N–H and O–H groups in total. The van der Waals surface area contributed by atoms with E-state index in [0.29, 0.717) is 11.0 Å². The molecule has 0 unspecified atom stereocenters. The standard InChI is InChI=1S/C13H20BrFN2O2S/c1-13(2,3)8-17(4)20(18,19)11-6-10(14)5-9(7-16)12(11)15/h5-6H,7-8,16H2,1-4H3. The first-order chi connectivity index (χ1) is 8.99. The van der Waals surface area contributed by atoms with E-state index in [1.807, 2.05) is 20.8 Å². The first-order valence-corrected chi connectivity index (χ1v) is 8.36. The van der Waals surface area contributed by atoms with Gasteiger partial charge < -0.3 is 5.73 Å². The third kappa shape index (κ3) is 4.00. The van der Waals surface area contributed by atoms with Crippen LogP contribution in [0.15, 0.2) is 21.5 Å². The van der Waals surface area contributed by atoms with Crippen LogP contribution in [0.5, 0.6) is 0 Å². The molecule has 0 heterocycles. The minimum absolute atomic E-state index is 0.0588. The van der Waals surface area contributed by atoms with Crippen LogP contribution in [-0.2, 0) is 16.6 Å². The molecule has 20 heavy (non-hydrogen) atoms. The van der Waals surface area contributed by atoms with Crippen molar-refractivity contribution in [2.24, 2.45) is 11.1 Å². The largest absolute Gasteiger partial charge is 0.326 e. The molecule has 1 rings (SSSR count). The van der Waals surface area contributed by atoms with Crippen LogP contribution >= 0.6 is 15.9 Å². The summed E-state index contributed by atoms with van der Waals surface area (Å²) in [7, 11) is -2.44. The molecule has 0 aliphatic rings. The summed E-state index contributed by atoms with van der Waals surface area (Å²) in [6, 6.07) is 2.75. The Labute approximate surface area is 128 Å². The quantitative estimate of drug-likeness (QED) is 0.890. The second kappa shape index (κ2) is 6.09. The van der Waals surface area contributed by atoms with E-state index in [0.717, 1.165) is 4.31 Å². The molecule has 7 heteroatoms. The van der Waals surface area contributed by atoms with Crippen LogP contribution in [0, 0.1) is 11.2 Å². The average Bonchev–Trinajstić information content (AvgIpc) is 2.29. The molecule has 0 aliphatic carbocycles. The Morgan fingerprint density at radius 3 is 2.35 bits per heavy atom. The smallest absolute Gasteiger partial charge is 0.245 e. The molecule has 114 valence electrons. The third-order valence-corrected chi connectivity index (χ3v) is 4.94. The lowest BCUT2D eigenvalue weighted by Crippen LogP contribution is -2.35. The van der Waals surface area contributed by atoms with Gasteiger partial charge in [-0.15, -0.1) is 0 Å². The fraction of sp³-hybridized carbons (Fsp3) is 0.538. The predicted octanol–water partition coefficient (Wildman–Crippen LogP) is 2.71. The molecule has 0 aliphatic heterocycles. The molecule has 0 bridgehead atoms. The monoisotopic (exact) mass is 366 g/mol. The van der Waals surface area contributed by atoms with Crippen molar-refractivity contribution in [1.82, 2.24) is 4.31 Å². The SMILES string of the molecule is CN(CC(C)(C)C)S(=O)(=O)c1cc(Br)cc(CN)c1F. The average molecular weight is 367 g/mol. The lowest BCUT2D eigenvalue weighted by atomic mass is 9.97. The topological polar surface area (TPSA) is 63.4 Å². The minimum Gasteiger partial charge on any atom is -0.326 e. The van der Waals surface area contributed by atoms with Gasteiger partial charge in [0.15, 0.2) is 0 Å². The summed E-state index contributed by atoms with van der Waals surface area (Å²) in [6.45, 7) is 5.99. The van der Waals surface area contributed by atoms with Crippen LogP contribution in [0.3, 0.4) is 0 Å². The Morgan fingerprint density at radius 1 is 1.35 bits per heavy atom. The first-order valence-electron chi connectivity index (χ1n) is 6.13. The maximum atomic E-state index is 14.2. The zero-order chi connectivity index (χ0) is 15.7. The molecule has 0 saturated heterocycles. The number of nitrogens with zero attached hydrogens (tertiary/aromatic N) is 1. The molecule has 0 radical (unpaired) electrons. The molecule has 1 aromatic rings. The summed E-state index contributed by atoms with van der Waals surface area (Å²) < 4.78 is 40.8. The van der Waals surface area contributed by atoms with Gasteiger partial charge in [0.25, 0.3) is 0 Å². The first kappa shape index (κ1) is 17.6. The minimum atomic E-state index is -3.89. The van der Waals surface area contributed by atoms with E-state index in [9.17, 15) is 12.8 Å². The van der Waals surface area contributed by atoms with Gasteiger partial charge in [0.1, 0.15) is 10.7 Å². The van der Waals surface area contributed by atoms with Crippen LogP contribution in [0.1, 0.15) is 26.3 Å². The van der Waals surface area contributed by atoms with Crippen molar-refractivity contribution in [3.63, 3.8) is 0 Å². The van der Waals surface area contributed by atoms with Gasteiger partial charge in [-0.05, 0) is 17.5 Å². The van der Waals surface area contributed by atoms with E-state index < -0.39 is 15.8 Å². The second-order valence-electron chi connectivity index (χ2n) is 5.90. The zero-order valence-corrected chi connectivity index (χ0v) is 14.5. The van der Waals surface area contributed by atoms with Crippen LogP contribution in [-0.4, -0.2) is 26.3 Å². The highest BCUT2D eigenvalue weighted by atomic mass is 79.9. The van der Waals surface area contributed by atoms with Crippen molar-refractivity contribution in [2.45, 2.75) is 32.2 Å². The van der Waals surface area contributed by atoms with E-state index in [1.165, 1.54) is 19.2 Å². The molecule has 0 aromatic heterocycles. The third-order valence-electron chi connectivity index (χ3n) is 2.68. The number of hydrogen-bond donors (Lipinski definition) is 1.